The number of rotatable bonds is 3. The van der Waals surface area contributed by atoms with Crippen molar-refractivity contribution in [3.63, 3.8) is 0 Å². The van der Waals surface area contributed by atoms with Crippen LogP contribution in [0, 0.1) is 6.92 Å². The zero-order valence-corrected chi connectivity index (χ0v) is 9.88. The summed E-state index contributed by atoms with van der Waals surface area (Å²) >= 11 is 0. The molecule has 1 nitrogen and oxygen atoms in total. The monoisotopic (exact) mass is 221 g/mol. The minimum Gasteiger partial charge on any atom is -0.314 e. The summed E-state index contributed by atoms with van der Waals surface area (Å²) in [6, 6.07) is 8.13. The fraction of sp³-hybridized carbons (Fsp3) is 0.571. The van der Waals surface area contributed by atoms with Gasteiger partial charge in [0.05, 0.1) is 0 Å². The van der Waals surface area contributed by atoms with Crippen molar-refractivity contribution < 1.29 is 4.39 Å². The van der Waals surface area contributed by atoms with Gasteiger partial charge >= 0.3 is 0 Å². The number of aryl methyl sites for hydroxylation is 1. The van der Waals surface area contributed by atoms with E-state index in [0.29, 0.717) is 12.5 Å². The van der Waals surface area contributed by atoms with Gasteiger partial charge in [0.15, 0.2) is 0 Å². The summed E-state index contributed by atoms with van der Waals surface area (Å²) in [5.41, 5.74) is 1.92. The van der Waals surface area contributed by atoms with Gasteiger partial charge in [-0.1, -0.05) is 30.7 Å². The Labute approximate surface area is 97.1 Å². The van der Waals surface area contributed by atoms with Crippen molar-refractivity contribution in [2.75, 3.05) is 6.54 Å². The van der Waals surface area contributed by atoms with E-state index in [-0.39, 0.29) is 0 Å². The maximum atomic E-state index is 14.1. The second kappa shape index (κ2) is 5.44. The normalized spacial score (nSPS) is 23.0. The van der Waals surface area contributed by atoms with Crippen LogP contribution in [0.25, 0.3) is 0 Å². The topological polar surface area (TPSA) is 12.0 Å². The van der Waals surface area contributed by atoms with E-state index in [1.165, 1.54) is 12.8 Å². The molecule has 2 atom stereocenters. The second-order valence-electron chi connectivity index (χ2n) is 4.71. The lowest BCUT2D eigenvalue weighted by Crippen LogP contribution is -2.34. The smallest absolute Gasteiger partial charge is 0.127 e. The molecule has 1 saturated heterocycles. The van der Waals surface area contributed by atoms with Gasteiger partial charge in [0, 0.05) is 6.04 Å². The van der Waals surface area contributed by atoms with Crippen LogP contribution < -0.4 is 5.32 Å². The molecular weight excluding hydrogens is 201 g/mol. The first-order valence-corrected chi connectivity index (χ1v) is 6.20. The Bertz CT molecular complexity index is 331. The summed E-state index contributed by atoms with van der Waals surface area (Å²) in [6.07, 6.45) is 3.38. The summed E-state index contributed by atoms with van der Waals surface area (Å²) in [5, 5.41) is 3.40. The Balaban J connectivity index is 1.96. The zero-order valence-electron chi connectivity index (χ0n) is 9.88. The zero-order chi connectivity index (χ0) is 11.4. The van der Waals surface area contributed by atoms with E-state index >= 15 is 0 Å². The number of hydrogen-bond acceptors (Lipinski definition) is 1. The molecule has 1 aromatic carbocycles. The van der Waals surface area contributed by atoms with Crippen LogP contribution in [0.15, 0.2) is 24.3 Å². The van der Waals surface area contributed by atoms with Crippen LogP contribution in [-0.2, 0) is 0 Å². The minimum absolute atomic E-state index is 0.364. The molecule has 1 aliphatic heterocycles. The summed E-state index contributed by atoms with van der Waals surface area (Å²) in [4.78, 5) is 0. The molecule has 2 heteroatoms. The summed E-state index contributed by atoms with van der Waals surface area (Å²) in [6.45, 7) is 3.03. The number of halogens is 1. The van der Waals surface area contributed by atoms with E-state index < -0.39 is 6.17 Å². The highest BCUT2D eigenvalue weighted by molar-refractivity contribution is 5.27. The van der Waals surface area contributed by atoms with Crippen LogP contribution in [0.2, 0.25) is 0 Å². The summed E-state index contributed by atoms with van der Waals surface area (Å²) in [7, 11) is 0. The SMILES string of the molecule is Cc1ccccc1C(F)CC1CCCCN1. The van der Waals surface area contributed by atoms with Crippen molar-refractivity contribution >= 4 is 0 Å². The maximum absolute atomic E-state index is 14.1. The van der Waals surface area contributed by atoms with Crippen molar-refractivity contribution in [3.05, 3.63) is 35.4 Å². The molecule has 1 aliphatic rings. The van der Waals surface area contributed by atoms with E-state index in [9.17, 15) is 4.39 Å². The first kappa shape index (κ1) is 11.6. The molecule has 1 fully saturated rings. The standard InChI is InChI=1S/C14H20FN/c1-11-6-2-3-8-13(11)14(15)10-12-7-4-5-9-16-12/h2-3,6,8,12,14,16H,4-5,7,9-10H2,1H3. The van der Waals surface area contributed by atoms with Crippen LogP contribution in [0.4, 0.5) is 4.39 Å². The largest absolute Gasteiger partial charge is 0.314 e. The molecule has 1 aromatic rings. The average molecular weight is 221 g/mol. The van der Waals surface area contributed by atoms with Gasteiger partial charge in [-0.15, -0.1) is 0 Å². The molecule has 0 aliphatic carbocycles. The van der Waals surface area contributed by atoms with Crippen molar-refractivity contribution in [1.29, 1.82) is 0 Å². The molecule has 2 unspecified atom stereocenters. The summed E-state index contributed by atoms with van der Waals surface area (Å²) < 4.78 is 14.1. The Morgan fingerprint density at radius 2 is 2.19 bits per heavy atom. The molecule has 0 aromatic heterocycles. The fourth-order valence-electron chi connectivity index (χ4n) is 2.44. The number of piperidine rings is 1. The lowest BCUT2D eigenvalue weighted by Gasteiger charge is -2.25. The highest BCUT2D eigenvalue weighted by Crippen LogP contribution is 2.27. The third-order valence-electron chi connectivity index (χ3n) is 3.43. The van der Waals surface area contributed by atoms with Crippen molar-refractivity contribution in [3.8, 4) is 0 Å². The predicted molar refractivity (Wildman–Crippen MR) is 65.3 cm³/mol. The van der Waals surface area contributed by atoms with E-state index in [4.69, 9.17) is 0 Å². The van der Waals surface area contributed by atoms with E-state index in [0.717, 1.165) is 24.1 Å². The third-order valence-corrected chi connectivity index (χ3v) is 3.43. The van der Waals surface area contributed by atoms with Crippen LogP contribution >= 0.6 is 0 Å². The Morgan fingerprint density at radius 1 is 1.38 bits per heavy atom. The first-order chi connectivity index (χ1) is 7.77. The highest BCUT2D eigenvalue weighted by atomic mass is 19.1. The van der Waals surface area contributed by atoms with Crippen LogP contribution in [0.5, 0.6) is 0 Å². The van der Waals surface area contributed by atoms with Crippen molar-refractivity contribution in [2.45, 2.75) is 44.8 Å². The average Bonchev–Trinajstić information content (AvgIpc) is 2.31. The van der Waals surface area contributed by atoms with Gasteiger partial charge in [0.25, 0.3) is 0 Å². The molecule has 88 valence electrons. The fourth-order valence-corrected chi connectivity index (χ4v) is 2.44. The molecule has 0 radical (unpaired) electrons. The van der Waals surface area contributed by atoms with Gasteiger partial charge < -0.3 is 5.32 Å². The van der Waals surface area contributed by atoms with Crippen molar-refractivity contribution in [2.24, 2.45) is 0 Å². The lowest BCUT2D eigenvalue weighted by molar-refractivity contribution is 0.260. The molecule has 0 amide bonds. The minimum atomic E-state index is -0.822. The van der Waals surface area contributed by atoms with Crippen molar-refractivity contribution in [1.82, 2.24) is 5.32 Å². The van der Waals surface area contributed by atoms with E-state index in [1.807, 2.05) is 31.2 Å². The Kier molecular flexibility index (Phi) is 3.94. The van der Waals surface area contributed by atoms with E-state index in [1.54, 1.807) is 0 Å². The van der Waals surface area contributed by atoms with Crippen LogP contribution in [0.1, 0.15) is 43.0 Å². The van der Waals surface area contributed by atoms with Crippen LogP contribution in [0.3, 0.4) is 0 Å². The maximum Gasteiger partial charge on any atom is 0.127 e. The molecule has 1 heterocycles. The quantitative estimate of drug-likeness (QED) is 0.823. The van der Waals surface area contributed by atoms with Gasteiger partial charge in [-0.3, -0.25) is 0 Å². The highest BCUT2D eigenvalue weighted by Gasteiger charge is 2.20. The molecule has 0 saturated carbocycles. The van der Waals surface area contributed by atoms with Gasteiger partial charge in [-0.05, 0) is 43.9 Å². The number of benzene rings is 1. The van der Waals surface area contributed by atoms with Gasteiger partial charge in [-0.25, -0.2) is 4.39 Å². The number of alkyl halides is 1. The first-order valence-electron chi connectivity index (χ1n) is 6.20. The molecule has 0 bridgehead atoms. The Morgan fingerprint density at radius 3 is 2.88 bits per heavy atom. The van der Waals surface area contributed by atoms with Gasteiger partial charge in [0.1, 0.15) is 6.17 Å². The molecule has 0 spiro atoms. The third kappa shape index (κ3) is 2.82. The predicted octanol–water partition coefficient (Wildman–Crippen LogP) is 3.54. The number of nitrogens with one attached hydrogen (secondary N) is 1. The van der Waals surface area contributed by atoms with E-state index in [2.05, 4.69) is 5.32 Å². The number of hydrogen-bond donors (Lipinski definition) is 1. The summed E-state index contributed by atoms with van der Waals surface area (Å²) in [5.74, 6) is 0. The Hall–Kier alpha value is -0.890. The molecule has 2 rings (SSSR count). The second-order valence-corrected chi connectivity index (χ2v) is 4.71. The lowest BCUT2D eigenvalue weighted by atomic mass is 9.95. The van der Waals surface area contributed by atoms with Gasteiger partial charge in [0.2, 0.25) is 0 Å². The molecule has 16 heavy (non-hydrogen) atoms. The molecular formula is C14H20FN. The van der Waals surface area contributed by atoms with Gasteiger partial charge in [-0.2, -0.15) is 0 Å². The van der Waals surface area contributed by atoms with Crippen LogP contribution in [-0.4, -0.2) is 12.6 Å². The molecule has 1 N–H and O–H groups in total.